The summed E-state index contributed by atoms with van der Waals surface area (Å²) in [6, 6.07) is -0.832. The molecule has 2 amide bonds. The second kappa shape index (κ2) is 16.2. The zero-order chi connectivity index (χ0) is 21.3. The zero-order valence-corrected chi connectivity index (χ0v) is 18.3. The van der Waals surface area contributed by atoms with E-state index in [1.165, 1.54) is 32.1 Å². The molecule has 1 atom stereocenters. The Morgan fingerprint density at radius 2 is 1.55 bits per heavy atom. The molecule has 0 bridgehead atoms. The van der Waals surface area contributed by atoms with Crippen molar-refractivity contribution in [3.63, 3.8) is 0 Å². The van der Waals surface area contributed by atoms with Crippen molar-refractivity contribution < 1.29 is 19.5 Å². The molecule has 6 heteroatoms. The van der Waals surface area contributed by atoms with E-state index in [2.05, 4.69) is 17.6 Å². The van der Waals surface area contributed by atoms with Gasteiger partial charge in [-0.3, -0.25) is 9.59 Å². The smallest absolute Gasteiger partial charge is 0.326 e. The van der Waals surface area contributed by atoms with Crippen LogP contribution in [-0.2, 0) is 14.4 Å². The van der Waals surface area contributed by atoms with Crippen LogP contribution in [-0.4, -0.2) is 35.5 Å². The average Bonchev–Trinajstić information content (AvgIpc) is 2.72. The number of unbranched alkanes of at least 4 members (excludes halogenated alkanes) is 7. The lowest BCUT2D eigenvalue weighted by Crippen LogP contribution is -2.40. The molecule has 0 heterocycles. The summed E-state index contributed by atoms with van der Waals surface area (Å²) in [5.41, 5.74) is 0. The van der Waals surface area contributed by atoms with Crippen molar-refractivity contribution in [1.82, 2.24) is 10.6 Å². The lowest BCUT2D eigenvalue weighted by atomic mass is 9.88. The molecule has 0 radical (unpaired) electrons. The van der Waals surface area contributed by atoms with Gasteiger partial charge in [0.25, 0.3) is 0 Å². The Balaban J connectivity index is 2.10. The molecule has 0 aromatic rings. The van der Waals surface area contributed by atoms with Gasteiger partial charge in [0, 0.05) is 18.9 Å². The number of carboxylic acid groups (broad SMARTS) is 1. The standard InChI is InChI=1S/C23H42N2O4/c1-2-3-4-5-6-7-11-17-21(26)25-20(23(28)29)16-12-13-18-24-22(27)19-14-9-8-10-15-19/h19-20H,2-18H2,1H3,(H,24,27)(H,25,26)(H,28,29). The van der Waals surface area contributed by atoms with Crippen LogP contribution in [0.3, 0.4) is 0 Å². The van der Waals surface area contributed by atoms with Crippen LogP contribution in [0.5, 0.6) is 0 Å². The van der Waals surface area contributed by atoms with Gasteiger partial charge in [0.15, 0.2) is 0 Å². The molecule has 1 rings (SSSR count). The summed E-state index contributed by atoms with van der Waals surface area (Å²) in [5.74, 6) is -0.857. The molecule has 1 aliphatic rings. The predicted octanol–water partition coefficient (Wildman–Crippen LogP) is 4.56. The van der Waals surface area contributed by atoms with Gasteiger partial charge in [0.05, 0.1) is 0 Å². The van der Waals surface area contributed by atoms with Gasteiger partial charge in [0.1, 0.15) is 6.04 Å². The van der Waals surface area contributed by atoms with Crippen molar-refractivity contribution in [3.8, 4) is 0 Å². The Hall–Kier alpha value is -1.59. The molecule has 6 nitrogen and oxygen atoms in total. The van der Waals surface area contributed by atoms with Crippen LogP contribution in [0.25, 0.3) is 0 Å². The average molecular weight is 411 g/mol. The summed E-state index contributed by atoms with van der Waals surface area (Å²) in [4.78, 5) is 35.5. The second-order valence-corrected chi connectivity index (χ2v) is 8.45. The highest BCUT2D eigenvalue weighted by atomic mass is 16.4. The molecule has 1 unspecified atom stereocenters. The first kappa shape index (κ1) is 25.4. The molecular weight excluding hydrogens is 368 g/mol. The predicted molar refractivity (Wildman–Crippen MR) is 116 cm³/mol. The lowest BCUT2D eigenvalue weighted by molar-refractivity contribution is -0.142. The van der Waals surface area contributed by atoms with Gasteiger partial charge in [-0.25, -0.2) is 4.79 Å². The second-order valence-electron chi connectivity index (χ2n) is 8.45. The number of carbonyl (C=O) groups excluding carboxylic acids is 2. The van der Waals surface area contributed by atoms with E-state index in [-0.39, 0.29) is 17.7 Å². The van der Waals surface area contributed by atoms with E-state index in [4.69, 9.17) is 0 Å². The first-order chi connectivity index (χ1) is 14.0. The normalized spacial score (nSPS) is 15.6. The van der Waals surface area contributed by atoms with E-state index in [9.17, 15) is 19.5 Å². The Labute approximate surface area is 176 Å². The minimum atomic E-state index is -0.982. The molecule has 0 aromatic carbocycles. The summed E-state index contributed by atoms with van der Waals surface area (Å²) >= 11 is 0. The van der Waals surface area contributed by atoms with Crippen molar-refractivity contribution in [2.45, 2.75) is 116 Å². The van der Waals surface area contributed by atoms with Gasteiger partial charge in [0.2, 0.25) is 11.8 Å². The Morgan fingerprint density at radius 3 is 2.21 bits per heavy atom. The molecule has 0 aromatic heterocycles. The monoisotopic (exact) mass is 410 g/mol. The lowest BCUT2D eigenvalue weighted by Gasteiger charge is -2.20. The van der Waals surface area contributed by atoms with Gasteiger partial charge in [-0.15, -0.1) is 0 Å². The zero-order valence-electron chi connectivity index (χ0n) is 18.3. The van der Waals surface area contributed by atoms with E-state index in [0.717, 1.165) is 51.4 Å². The third kappa shape index (κ3) is 12.6. The maximum Gasteiger partial charge on any atom is 0.326 e. The first-order valence-electron chi connectivity index (χ1n) is 11.8. The van der Waals surface area contributed by atoms with E-state index >= 15 is 0 Å². The van der Waals surface area contributed by atoms with Crippen LogP contribution in [0, 0.1) is 5.92 Å². The highest BCUT2D eigenvalue weighted by Crippen LogP contribution is 2.23. The number of hydrogen-bond donors (Lipinski definition) is 3. The van der Waals surface area contributed by atoms with Crippen molar-refractivity contribution in [1.29, 1.82) is 0 Å². The number of nitrogens with one attached hydrogen (secondary N) is 2. The molecule has 29 heavy (non-hydrogen) atoms. The van der Waals surface area contributed by atoms with E-state index in [1.54, 1.807) is 0 Å². The molecule has 3 N–H and O–H groups in total. The fourth-order valence-corrected chi connectivity index (χ4v) is 3.96. The third-order valence-electron chi connectivity index (χ3n) is 5.84. The van der Waals surface area contributed by atoms with Gasteiger partial charge in [-0.2, -0.15) is 0 Å². The minimum Gasteiger partial charge on any atom is -0.480 e. The Morgan fingerprint density at radius 1 is 0.897 bits per heavy atom. The highest BCUT2D eigenvalue weighted by Gasteiger charge is 2.21. The molecule has 1 saturated carbocycles. The van der Waals surface area contributed by atoms with Crippen LogP contribution in [0.4, 0.5) is 0 Å². The van der Waals surface area contributed by atoms with Gasteiger partial charge < -0.3 is 15.7 Å². The maximum absolute atomic E-state index is 12.1. The first-order valence-corrected chi connectivity index (χ1v) is 11.8. The summed E-state index contributed by atoms with van der Waals surface area (Å²) < 4.78 is 0. The Bertz CT molecular complexity index is 475. The molecule has 0 aliphatic heterocycles. The van der Waals surface area contributed by atoms with Crippen molar-refractivity contribution in [2.24, 2.45) is 5.92 Å². The number of hydrogen-bond acceptors (Lipinski definition) is 3. The quantitative estimate of drug-likeness (QED) is 0.325. The van der Waals surface area contributed by atoms with Crippen LogP contribution in [0.2, 0.25) is 0 Å². The van der Waals surface area contributed by atoms with E-state index < -0.39 is 12.0 Å². The van der Waals surface area contributed by atoms with Crippen LogP contribution in [0.1, 0.15) is 110 Å². The molecule has 0 spiro atoms. The van der Waals surface area contributed by atoms with Crippen LogP contribution < -0.4 is 10.6 Å². The number of rotatable bonds is 16. The molecule has 1 aliphatic carbocycles. The number of carbonyl (C=O) groups is 3. The molecule has 168 valence electrons. The molecule has 0 saturated heterocycles. The van der Waals surface area contributed by atoms with Crippen LogP contribution >= 0.6 is 0 Å². The molecular formula is C23H42N2O4. The van der Waals surface area contributed by atoms with Gasteiger partial charge in [-0.05, 0) is 38.5 Å². The van der Waals surface area contributed by atoms with Crippen molar-refractivity contribution in [2.75, 3.05) is 6.54 Å². The summed E-state index contributed by atoms with van der Waals surface area (Å²) in [7, 11) is 0. The molecule has 1 fully saturated rings. The van der Waals surface area contributed by atoms with Crippen molar-refractivity contribution in [3.05, 3.63) is 0 Å². The third-order valence-corrected chi connectivity index (χ3v) is 5.84. The summed E-state index contributed by atoms with van der Waals surface area (Å²) in [5, 5.41) is 15.0. The summed E-state index contributed by atoms with van der Waals surface area (Å²) in [6.07, 6.45) is 15.6. The summed E-state index contributed by atoms with van der Waals surface area (Å²) in [6.45, 7) is 2.77. The number of aliphatic carboxylic acids is 1. The van der Waals surface area contributed by atoms with Crippen molar-refractivity contribution >= 4 is 17.8 Å². The Kier molecular flexibility index (Phi) is 14.2. The van der Waals surface area contributed by atoms with Crippen LogP contribution in [0.15, 0.2) is 0 Å². The van der Waals surface area contributed by atoms with Gasteiger partial charge >= 0.3 is 5.97 Å². The largest absolute Gasteiger partial charge is 0.480 e. The topological polar surface area (TPSA) is 95.5 Å². The fourth-order valence-electron chi connectivity index (χ4n) is 3.96. The number of carboxylic acids is 1. The SMILES string of the molecule is CCCCCCCCCC(=O)NC(CCCCNC(=O)C1CCCCC1)C(=O)O. The fraction of sp³-hybridized carbons (Fsp3) is 0.870. The highest BCUT2D eigenvalue weighted by molar-refractivity contribution is 5.83. The van der Waals surface area contributed by atoms with E-state index in [1.807, 2.05) is 0 Å². The van der Waals surface area contributed by atoms with E-state index in [0.29, 0.717) is 25.8 Å². The minimum absolute atomic E-state index is 0.141. The maximum atomic E-state index is 12.1. The number of amides is 2. The van der Waals surface area contributed by atoms with Gasteiger partial charge in [-0.1, -0.05) is 64.7 Å².